The van der Waals surface area contributed by atoms with Crippen LogP contribution in [0.3, 0.4) is 0 Å². The van der Waals surface area contributed by atoms with E-state index >= 15 is 0 Å². The average Bonchev–Trinajstić information content (AvgIpc) is 2.74. The molecular weight excluding hydrogens is 212 g/mol. The molecule has 0 saturated heterocycles. The third-order valence-electron chi connectivity index (χ3n) is 2.01. The predicted molar refractivity (Wildman–Crippen MR) is 54.7 cm³/mol. The highest BCUT2D eigenvalue weighted by Gasteiger charge is 2.14. The highest BCUT2D eigenvalue weighted by molar-refractivity contribution is 5.71. The molecule has 1 aliphatic rings. The Morgan fingerprint density at radius 1 is 1.38 bits per heavy atom. The van der Waals surface area contributed by atoms with Crippen LogP contribution in [0, 0.1) is 0 Å². The van der Waals surface area contributed by atoms with E-state index in [1.807, 2.05) is 0 Å². The Kier molecular flexibility index (Phi) is 3.14. The molecule has 0 spiro atoms. The van der Waals surface area contributed by atoms with E-state index < -0.39 is 0 Å². The lowest BCUT2D eigenvalue weighted by Crippen LogP contribution is -2.14. The zero-order chi connectivity index (χ0) is 11.4. The predicted octanol–water partition coefficient (Wildman–Crippen LogP) is 1.36. The molecule has 5 heteroatoms. The van der Waals surface area contributed by atoms with Crippen molar-refractivity contribution in [3.05, 3.63) is 18.2 Å². The second-order valence-electron chi connectivity index (χ2n) is 3.11. The molecule has 0 saturated carbocycles. The van der Waals surface area contributed by atoms with Gasteiger partial charge < -0.3 is 18.9 Å². The van der Waals surface area contributed by atoms with Gasteiger partial charge in [0.25, 0.3) is 0 Å². The largest absolute Gasteiger partial charge is 0.482 e. The summed E-state index contributed by atoms with van der Waals surface area (Å²) in [5.74, 6) is 1.47. The molecule has 0 amide bonds. The Hall–Kier alpha value is -1.91. The minimum Gasteiger partial charge on any atom is -0.482 e. The Morgan fingerprint density at radius 2 is 2.19 bits per heavy atom. The Labute approximate surface area is 92.9 Å². The molecule has 1 aromatic rings. The van der Waals surface area contributed by atoms with Crippen molar-refractivity contribution in [3.8, 4) is 17.2 Å². The van der Waals surface area contributed by atoms with Gasteiger partial charge in [0.2, 0.25) is 6.79 Å². The number of esters is 1. The summed E-state index contributed by atoms with van der Waals surface area (Å²) in [4.78, 5) is 11.0. The van der Waals surface area contributed by atoms with Gasteiger partial charge >= 0.3 is 5.97 Å². The monoisotopic (exact) mass is 224 g/mol. The first-order valence-corrected chi connectivity index (χ1v) is 4.97. The maximum absolute atomic E-state index is 11.0. The van der Waals surface area contributed by atoms with Gasteiger partial charge in [-0.05, 0) is 19.1 Å². The van der Waals surface area contributed by atoms with Crippen molar-refractivity contribution < 1.29 is 23.7 Å². The molecule has 5 nitrogen and oxygen atoms in total. The summed E-state index contributed by atoms with van der Waals surface area (Å²) in [5, 5.41) is 0. The van der Waals surface area contributed by atoms with Gasteiger partial charge in [-0.3, -0.25) is 0 Å². The van der Waals surface area contributed by atoms with Gasteiger partial charge in [0.15, 0.2) is 18.1 Å². The number of carbonyl (C=O) groups excluding carboxylic acids is 1. The fraction of sp³-hybridized carbons (Fsp3) is 0.364. The highest BCUT2D eigenvalue weighted by Crippen LogP contribution is 2.34. The third-order valence-corrected chi connectivity index (χ3v) is 2.01. The van der Waals surface area contributed by atoms with Crippen LogP contribution in [0.25, 0.3) is 0 Å². The normalized spacial score (nSPS) is 12.3. The molecule has 0 bridgehead atoms. The van der Waals surface area contributed by atoms with Crippen LogP contribution in [0.5, 0.6) is 17.2 Å². The van der Waals surface area contributed by atoms with Gasteiger partial charge in [-0.25, -0.2) is 4.79 Å². The Morgan fingerprint density at radius 3 is 3.00 bits per heavy atom. The van der Waals surface area contributed by atoms with Crippen molar-refractivity contribution in [3.63, 3.8) is 0 Å². The van der Waals surface area contributed by atoms with E-state index in [9.17, 15) is 4.79 Å². The van der Waals surface area contributed by atoms with Crippen LogP contribution in [0.4, 0.5) is 0 Å². The summed E-state index contributed by atoms with van der Waals surface area (Å²) in [6.07, 6.45) is 0. The van der Waals surface area contributed by atoms with E-state index in [1.165, 1.54) is 0 Å². The van der Waals surface area contributed by atoms with E-state index in [-0.39, 0.29) is 19.4 Å². The molecule has 2 rings (SSSR count). The molecule has 1 aliphatic heterocycles. The van der Waals surface area contributed by atoms with Gasteiger partial charge in [0.05, 0.1) is 6.61 Å². The van der Waals surface area contributed by atoms with Crippen LogP contribution in [-0.4, -0.2) is 26.0 Å². The molecule has 0 N–H and O–H groups in total. The second-order valence-corrected chi connectivity index (χ2v) is 3.11. The van der Waals surface area contributed by atoms with Crippen LogP contribution in [0.15, 0.2) is 18.2 Å². The standard InChI is InChI=1S/C11H12O5/c1-2-13-11(12)6-14-8-3-4-9-10(5-8)16-7-15-9/h3-5H,2,6-7H2,1H3. The highest BCUT2D eigenvalue weighted by atomic mass is 16.7. The first-order valence-electron chi connectivity index (χ1n) is 4.97. The SMILES string of the molecule is CCOC(=O)COc1ccc2c(c1)OCO2. The number of hydrogen-bond donors (Lipinski definition) is 0. The summed E-state index contributed by atoms with van der Waals surface area (Å²) in [6.45, 7) is 2.21. The quantitative estimate of drug-likeness (QED) is 0.723. The molecule has 0 atom stereocenters. The van der Waals surface area contributed by atoms with Gasteiger partial charge in [-0.15, -0.1) is 0 Å². The smallest absolute Gasteiger partial charge is 0.344 e. The average molecular weight is 224 g/mol. The molecule has 1 aromatic carbocycles. The van der Waals surface area contributed by atoms with Crippen LogP contribution >= 0.6 is 0 Å². The van der Waals surface area contributed by atoms with Crippen molar-refractivity contribution >= 4 is 5.97 Å². The van der Waals surface area contributed by atoms with Gasteiger partial charge in [0, 0.05) is 6.07 Å². The van der Waals surface area contributed by atoms with Crippen LogP contribution in [0.2, 0.25) is 0 Å². The molecule has 0 unspecified atom stereocenters. The number of hydrogen-bond acceptors (Lipinski definition) is 5. The number of rotatable bonds is 4. The number of benzene rings is 1. The van der Waals surface area contributed by atoms with Gasteiger partial charge in [-0.2, -0.15) is 0 Å². The summed E-state index contributed by atoms with van der Waals surface area (Å²) in [5.41, 5.74) is 0. The van der Waals surface area contributed by atoms with E-state index in [0.29, 0.717) is 23.9 Å². The van der Waals surface area contributed by atoms with E-state index in [4.69, 9.17) is 18.9 Å². The van der Waals surface area contributed by atoms with Crippen LogP contribution < -0.4 is 14.2 Å². The molecule has 86 valence electrons. The molecule has 16 heavy (non-hydrogen) atoms. The summed E-state index contributed by atoms with van der Waals surface area (Å²) in [6, 6.07) is 5.14. The lowest BCUT2D eigenvalue weighted by Gasteiger charge is -2.06. The fourth-order valence-corrected chi connectivity index (χ4v) is 1.31. The first kappa shape index (κ1) is 10.6. The molecular formula is C11H12O5. The summed E-state index contributed by atoms with van der Waals surface area (Å²) >= 11 is 0. The number of ether oxygens (including phenoxy) is 4. The van der Waals surface area contributed by atoms with Crippen molar-refractivity contribution in [2.75, 3.05) is 20.0 Å². The topological polar surface area (TPSA) is 54.0 Å². The Balaban J connectivity index is 1.93. The van der Waals surface area contributed by atoms with Crippen LogP contribution in [0.1, 0.15) is 6.92 Å². The first-order chi connectivity index (χ1) is 7.79. The van der Waals surface area contributed by atoms with Crippen molar-refractivity contribution in [2.24, 2.45) is 0 Å². The van der Waals surface area contributed by atoms with E-state index in [1.54, 1.807) is 25.1 Å². The fourth-order valence-electron chi connectivity index (χ4n) is 1.31. The van der Waals surface area contributed by atoms with Crippen molar-refractivity contribution in [2.45, 2.75) is 6.92 Å². The number of fused-ring (bicyclic) bond motifs is 1. The number of carbonyl (C=O) groups is 1. The van der Waals surface area contributed by atoms with Crippen molar-refractivity contribution in [1.29, 1.82) is 0 Å². The minimum atomic E-state index is -0.389. The summed E-state index contributed by atoms with van der Waals surface area (Å²) in [7, 11) is 0. The minimum absolute atomic E-state index is 0.104. The molecule has 0 radical (unpaired) electrons. The van der Waals surface area contributed by atoms with E-state index in [0.717, 1.165) is 0 Å². The molecule has 1 heterocycles. The Bertz CT molecular complexity index is 388. The van der Waals surface area contributed by atoms with Crippen LogP contribution in [-0.2, 0) is 9.53 Å². The second kappa shape index (κ2) is 4.74. The summed E-state index contributed by atoms with van der Waals surface area (Å²) < 4.78 is 20.3. The van der Waals surface area contributed by atoms with Gasteiger partial charge in [0.1, 0.15) is 5.75 Å². The lowest BCUT2D eigenvalue weighted by atomic mass is 10.3. The zero-order valence-electron chi connectivity index (χ0n) is 8.89. The van der Waals surface area contributed by atoms with Crippen molar-refractivity contribution in [1.82, 2.24) is 0 Å². The van der Waals surface area contributed by atoms with E-state index in [2.05, 4.69) is 0 Å². The molecule has 0 aliphatic carbocycles. The lowest BCUT2D eigenvalue weighted by molar-refractivity contribution is -0.145. The third kappa shape index (κ3) is 2.36. The molecule has 0 fully saturated rings. The van der Waals surface area contributed by atoms with Gasteiger partial charge in [-0.1, -0.05) is 0 Å². The zero-order valence-corrected chi connectivity index (χ0v) is 8.89. The molecule has 0 aromatic heterocycles. The maximum Gasteiger partial charge on any atom is 0.344 e. The maximum atomic E-state index is 11.0.